The van der Waals surface area contributed by atoms with E-state index < -0.39 is 0 Å². The van der Waals surface area contributed by atoms with Gasteiger partial charge in [0.2, 0.25) is 0 Å². The summed E-state index contributed by atoms with van der Waals surface area (Å²) in [5.74, 6) is -0.107. The Labute approximate surface area is 117 Å². The Balaban J connectivity index is 2.05. The van der Waals surface area contributed by atoms with E-state index in [1.165, 1.54) is 0 Å². The summed E-state index contributed by atoms with van der Waals surface area (Å²) < 4.78 is 14.0. The Hall–Kier alpha value is -0.610. The minimum Gasteiger partial charge on any atom is -0.367 e. The molecule has 1 fully saturated rings. The number of halogens is 2. The quantitative estimate of drug-likeness (QED) is 0.790. The van der Waals surface area contributed by atoms with Gasteiger partial charge >= 0.3 is 0 Å². The monoisotopic (exact) mass is 314 g/mol. The Kier molecular flexibility index (Phi) is 4.62. The SMILES string of the molecule is CC(C)N1CCN(c2ccc(CBr)cc2F)CC1. The van der Waals surface area contributed by atoms with Gasteiger partial charge in [0.15, 0.2) is 0 Å². The summed E-state index contributed by atoms with van der Waals surface area (Å²) >= 11 is 3.35. The Morgan fingerprint density at radius 1 is 1.22 bits per heavy atom. The van der Waals surface area contributed by atoms with Crippen LogP contribution in [0, 0.1) is 5.82 Å². The van der Waals surface area contributed by atoms with E-state index in [4.69, 9.17) is 0 Å². The third-order valence-corrected chi connectivity index (χ3v) is 4.20. The lowest BCUT2D eigenvalue weighted by molar-refractivity contribution is 0.209. The van der Waals surface area contributed by atoms with E-state index in [1.54, 1.807) is 6.07 Å². The molecule has 0 unspecified atom stereocenters. The van der Waals surface area contributed by atoms with E-state index in [0.717, 1.165) is 37.4 Å². The van der Waals surface area contributed by atoms with Crippen molar-refractivity contribution in [1.82, 2.24) is 4.90 Å². The minimum absolute atomic E-state index is 0.107. The number of hydrogen-bond acceptors (Lipinski definition) is 2. The molecule has 0 radical (unpaired) electrons. The van der Waals surface area contributed by atoms with Gasteiger partial charge in [-0.15, -0.1) is 0 Å². The molecule has 0 saturated carbocycles. The van der Waals surface area contributed by atoms with E-state index in [0.29, 0.717) is 11.4 Å². The molecular weight excluding hydrogens is 295 g/mol. The third-order valence-electron chi connectivity index (χ3n) is 3.55. The summed E-state index contributed by atoms with van der Waals surface area (Å²) in [6, 6.07) is 6.09. The van der Waals surface area contributed by atoms with Crippen molar-refractivity contribution in [1.29, 1.82) is 0 Å². The number of piperazine rings is 1. The first-order valence-electron chi connectivity index (χ1n) is 6.45. The van der Waals surface area contributed by atoms with E-state index in [2.05, 4.69) is 39.6 Å². The summed E-state index contributed by atoms with van der Waals surface area (Å²) in [4.78, 5) is 4.58. The fourth-order valence-electron chi connectivity index (χ4n) is 2.37. The summed E-state index contributed by atoms with van der Waals surface area (Å²) in [6.07, 6.45) is 0. The Morgan fingerprint density at radius 2 is 1.89 bits per heavy atom. The van der Waals surface area contributed by atoms with Crippen molar-refractivity contribution < 1.29 is 4.39 Å². The fourth-order valence-corrected chi connectivity index (χ4v) is 2.72. The second-order valence-corrected chi connectivity index (χ2v) is 5.60. The molecule has 0 bridgehead atoms. The molecule has 1 saturated heterocycles. The standard InChI is InChI=1S/C14H20BrFN2/c1-11(2)17-5-7-18(8-6-17)14-4-3-12(10-15)9-13(14)16/h3-4,9,11H,5-8,10H2,1-2H3. The molecule has 18 heavy (non-hydrogen) atoms. The van der Waals surface area contributed by atoms with Gasteiger partial charge in [0.05, 0.1) is 5.69 Å². The first-order valence-corrected chi connectivity index (χ1v) is 7.57. The van der Waals surface area contributed by atoms with Crippen molar-refractivity contribution in [3.63, 3.8) is 0 Å². The zero-order valence-corrected chi connectivity index (χ0v) is 12.6. The van der Waals surface area contributed by atoms with Gasteiger partial charge in [0, 0.05) is 37.6 Å². The molecule has 1 heterocycles. The molecule has 1 aliphatic rings. The number of anilines is 1. The lowest BCUT2D eigenvalue weighted by atomic mass is 10.1. The third kappa shape index (κ3) is 3.04. The van der Waals surface area contributed by atoms with Crippen LogP contribution in [-0.2, 0) is 5.33 Å². The van der Waals surface area contributed by atoms with E-state index >= 15 is 0 Å². The highest BCUT2D eigenvalue weighted by Gasteiger charge is 2.20. The van der Waals surface area contributed by atoms with Crippen LogP contribution in [0.1, 0.15) is 19.4 Å². The van der Waals surface area contributed by atoms with Crippen LogP contribution in [0.15, 0.2) is 18.2 Å². The van der Waals surface area contributed by atoms with Crippen molar-refractivity contribution in [3.05, 3.63) is 29.6 Å². The number of benzene rings is 1. The Morgan fingerprint density at radius 3 is 2.39 bits per heavy atom. The molecule has 1 aromatic carbocycles. The molecule has 0 spiro atoms. The number of nitrogens with zero attached hydrogens (tertiary/aromatic N) is 2. The number of alkyl halides is 1. The molecule has 0 aliphatic carbocycles. The topological polar surface area (TPSA) is 6.48 Å². The van der Waals surface area contributed by atoms with E-state index in [1.807, 2.05) is 12.1 Å². The van der Waals surface area contributed by atoms with Crippen LogP contribution in [0.5, 0.6) is 0 Å². The molecule has 1 aliphatic heterocycles. The molecule has 2 rings (SSSR count). The second-order valence-electron chi connectivity index (χ2n) is 5.04. The van der Waals surface area contributed by atoms with Crippen LogP contribution in [0.25, 0.3) is 0 Å². The van der Waals surface area contributed by atoms with Gasteiger partial charge in [0.1, 0.15) is 5.82 Å². The normalized spacial score (nSPS) is 17.5. The zero-order chi connectivity index (χ0) is 13.1. The molecule has 0 amide bonds. The summed E-state index contributed by atoms with van der Waals surface area (Å²) in [5, 5.41) is 0.700. The predicted molar refractivity (Wildman–Crippen MR) is 78.0 cm³/mol. The van der Waals surface area contributed by atoms with Crippen molar-refractivity contribution in [2.24, 2.45) is 0 Å². The minimum atomic E-state index is -0.107. The second kappa shape index (κ2) is 6.02. The van der Waals surface area contributed by atoms with Gasteiger partial charge in [-0.2, -0.15) is 0 Å². The highest BCUT2D eigenvalue weighted by Crippen LogP contribution is 2.23. The van der Waals surface area contributed by atoms with Crippen LogP contribution < -0.4 is 4.90 Å². The van der Waals surface area contributed by atoms with Gasteiger partial charge in [-0.1, -0.05) is 22.0 Å². The molecule has 0 atom stereocenters. The molecule has 0 N–H and O–H groups in total. The smallest absolute Gasteiger partial charge is 0.146 e. The average molecular weight is 315 g/mol. The maximum absolute atomic E-state index is 14.0. The first-order chi connectivity index (χ1) is 8.61. The molecule has 0 aromatic heterocycles. The first kappa shape index (κ1) is 13.8. The molecule has 2 nitrogen and oxygen atoms in total. The van der Waals surface area contributed by atoms with E-state index in [9.17, 15) is 4.39 Å². The molecule has 100 valence electrons. The molecule has 4 heteroatoms. The highest BCUT2D eigenvalue weighted by atomic mass is 79.9. The number of rotatable bonds is 3. The van der Waals surface area contributed by atoms with Crippen LogP contribution in [0.2, 0.25) is 0 Å². The summed E-state index contributed by atoms with van der Waals surface area (Å²) in [7, 11) is 0. The van der Waals surface area contributed by atoms with Gasteiger partial charge in [0.25, 0.3) is 0 Å². The van der Waals surface area contributed by atoms with Crippen LogP contribution >= 0.6 is 15.9 Å². The maximum Gasteiger partial charge on any atom is 0.146 e. The maximum atomic E-state index is 14.0. The van der Waals surface area contributed by atoms with Gasteiger partial charge in [-0.3, -0.25) is 4.90 Å². The van der Waals surface area contributed by atoms with Crippen molar-refractivity contribution in [2.75, 3.05) is 31.1 Å². The predicted octanol–water partition coefficient (Wildman–Crippen LogP) is 3.25. The van der Waals surface area contributed by atoms with Crippen LogP contribution in [0.4, 0.5) is 10.1 Å². The van der Waals surface area contributed by atoms with Crippen LogP contribution in [0.3, 0.4) is 0 Å². The largest absolute Gasteiger partial charge is 0.367 e. The molecule has 1 aromatic rings. The van der Waals surface area contributed by atoms with E-state index in [-0.39, 0.29) is 5.82 Å². The molecular formula is C14H20BrFN2. The highest BCUT2D eigenvalue weighted by molar-refractivity contribution is 9.08. The van der Waals surface area contributed by atoms with Gasteiger partial charge in [-0.05, 0) is 31.5 Å². The Bertz CT molecular complexity index is 401. The van der Waals surface area contributed by atoms with Crippen molar-refractivity contribution in [3.8, 4) is 0 Å². The summed E-state index contributed by atoms with van der Waals surface area (Å²) in [6.45, 7) is 8.25. The zero-order valence-electron chi connectivity index (χ0n) is 11.0. The van der Waals surface area contributed by atoms with Crippen molar-refractivity contribution in [2.45, 2.75) is 25.2 Å². The van der Waals surface area contributed by atoms with Crippen molar-refractivity contribution >= 4 is 21.6 Å². The van der Waals surface area contributed by atoms with Gasteiger partial charge in [-0.25, -0.2) is 4.39 Å². The van der Waals surface area contributed by atoms with Crippen LogP contribution in [-0.4, -0.2) is 37.1 Å². The number of hydrogen-bond donors (Lipinski definition) is 0. The lowest BCUT2D eigenvalue weighted by Gasteiger charge is -2.38. The summed E-state index contributed by atoms with van der Waals surface area (Å²) in [5.41, 5.74) is 1.72. The average Bonchev–Trinajstić information content (AvgIpc) is 2.38. The lowest BCUT2D eigenvalue weighted by Crippen LogP contribution is -2.49. The fraction of sp³-hybridized carbons (Fsp3) is 0.571. The van der Waals surface area contributed by atoms with Gasteiger partial charge < -0.3 is 4.90 Å².